The minimum atomic E-state index is -0.521. The van der Waals surface area contributed by atoms with Crippen LogP contribution < -0.4 is 9.64 Å². The van der Waals surface area contributed by atoms with Gasteiger partial charge in [-0.15, -0.1) is 0 Å². The molecule has 2 amide bonds. The number of piperazine rings is 1. The molecule has 1 aromatic carbocycles. The zero-order valence-corrected chi connectivity index (χ0v) is 25.0. The van der Waals surface area contributed by atoms with E-state index in [9.17, 15) is 14.0 Å². The van der Waals surface area contributed by atoms with Crippen LogP contribution in [0.15, 0.2) is 54.3 Å². The van der Waals surface area contributed by atoms with Gasteiger partial charge in [-0.1, -0.05) is 44.2 Å². The first kappa shape index (κ1) is 30.6. The van der Waals surface area contributed by atoms with Crippen LogP contribution in [0.5, 0.6) is 5.88 Å². The van der Waals surface area contributed by atoms with Gasteiger partial charge in [-0.05, 0) is 37.1 Å². The van der Waals surface area contributed by atoms with Crippen molar-refractivity contribution in [3.05, 3.63) is 71.4 Å². The van der Waals surface area contributed by atoms with Crippen molar-refractivity contribution in [2.75, 3.05) is 38.7 Å². The molecule has 2 aromatic heterocycles. The fourth-order valence-corrected chi connectivity index (χ4v) is 5.31. The zero-order chi connectivity index (χ0) is 30.6. The summed E-state index contributed by atoms with van der Waals surface area (Å²) in [5.41, 5.74) is 1.58. The van der Waals surface area contributed by atoms with E-state index >= 15 is 0 Å². The van der Waals surface area contributed by atoms with Crippen LogP contribution in [0.4, 0.5) is 15.9 Å². The largest absolute Gasteiger partial charge is 0.479 e. The minimum absolute atomic E-state index is 0.115. The van der Waals surface area contributed by atoms with Crippen LogP contribution >= 0.6 is 11.6 Å². The highest BCUT2D eigenvalue weighted by Gasteiger charge is 2.33. The van der Waals surface area contributed by atoms with E-state index in [0.29, 0.717) is 48.8 Å². The molecule has 42 heavy (non-hydrogen) atoms. The second-order valence-electron chi connectivity index (χ2n) is 9.99. The maximum absolute atomic E-state index is 15.0. The van der Waals surface area contributed by atoms with Gasteiger partial charge in [-0.2, -0.15) is 4.98 Å². The molecule has 0 bridgehead atoms. The van der Waals surface area contributed by atoms with Crippen LogP contribution in [0.25, 0.3) is 11.3 Å². The third-order valence-corrected chi connectivity index (χ3v) is 7.34. The van der Waals surface area contributed by atoms with Crippen LogP contribution in [0.2, 0.25) is 5.02 Å². The summed E-state index contributed by atoms with van der Waals surface area (Å²) in [6, 6.07) is 7.61. The molecule has 1 atom stereocenters. The highest BCUT2D eigenvalue weighted by atomic mass is 35.5. The highest BCUT2D eigenvalue weighted by Crippen LogP contribution is 2.40. The summed E-state index contributed by atoms with van der Waals surface area (Å²) in [5.74, 6) is 0.00620. The van der Waals surface area contributed by atoms with Gasteiger partial charge >= 0.3 is 0 Å². The molecule has 3 aromatic rings. The van der Waals surface area contributed by atoms with Crippen molar-refractivity contribution in [1.82, 2.24) is 24.8 Å². The van der Waals surface area contributed by atoms with Crippen LogP contribution in [0.3, 0.4) is 0 Å². The number of amidine groups is 1. The van der Waals surface area contributed by atoms with Gasteiger partial charge in [0.05, 0.1) is 29.1 Å². The predicted molar refractivity (Wildman–Crippen MR) is 161 cm³/mol. The Labute approximate surface area is 249 Å². The van der Waals surface area contributed by atoms with Crippen molar-refractivity contribution in [2.24, 2.45) is 4.99 Å². The predicted octanol–water partition coefficient (Wildman–Crippen LogP) is 4.85. The molecule has 0 aliphatic carbocycles. The summed E-state index contributed by atoms with van der Waals surface area (Å²) in [4.78, 5) is 48.4. The second-order valence-corrected chi connectivity index (χ2v) is 10.4. The molecular formula is C30H33ClFN7O3. The molecule has 12 heteroatoms. The van der Waals surface area contributed by atoms with Crippen LogP contribution in [-0.4, -0.2) is 82.7 Å². The lowest BCUT2D eigenvalue weighted by atomic mass is 10.0. The Morgan fingerprint density at radius 3 is 2.62 bits per heavy atom. The maximum Gasteiger partial charge on any atom is 0.246 e. The van der Waals surface area contributed by atoms with Crippen LogP contribution in [-0.2, 0) is 9.59 Å². The minimum Gasteiger partial charge on any atom is -0.479 e. The average Bonchev–Trinajstić information content (AvgIpc) is 2.99. The van der Waals surface area contributed by atoms with E-state index in [0.717, 1.165) is 0 Å². The summed E-state index contributed by atoms with van der Waals surface area (Å²) >= 11 is 6.78. The standard InChI is InChI=1S/C30H33ClFN7O3/c1-7-24(41)37-12-13-38(19(4)15-37)28(33-5)21-14-22(31)26(20-10-8-9-11-23(20)32)36-29(21)39(17-40)27-25(18(2)3)34-16-35-30(27)42-6/h7-11,14,16-19H,1,12-13,15H2,2-6H3. The summed E-state index contributed by atoms with van der Waals surface area (Å²) < 4.78 is 20.5. The van der Waals surface area contributed by atoms with Gasteiger partial charge in [0.25, 0.3) is 0 Å². The molecule has 1 aliphatic heterocycles. The number of ether oxygens (including phenoxy) is 1. The number of anilines is 2. The van der Waals surface area contributed by atoms with Gasteiger partial charge in [0, 0.05) is 38.3 Å². The molecule has 0 spiro atoms. The van der Waals surface area contributed by atoms with E-state index in [4.69, 9.17) is 21.3 Å². The van der Waals surface area contributed by atoms with Crippen molar-refractivity contribution >= 4 is 41.3 Å². The first-order valence-electron chi connectivity index (χ1n) is 13.4. The number of pyridine rings is 1. The van der Waals surface area contributed by atoms with Crippen molar-refractivity contribution < 1.29 is 18.7 Å². The van der Waals surface area contributed by atoms with Gasteiger partial charge in [-0.25, -0.2) is 14.4 Å². The number of halogens is 2. The lowest BCUT2D eigenvalue weighted by Gasteiger charge is -2.41. The number of nitrogens with zero attached hydrogens (tertiary/aromatic N) is 7. The normalized spacial score (nSPS) is 15.5. The Kier molecular flexibility index (Phi) is 9.52. The Morgan fingerprint density at radius 1 is 1.29 bits per heavy atom. The molecule has 1 unspecified atom stereocenters. The van der Waals surface area contributed by atoms with E-state index < -0.39 is 5.82 Å². The fraction of sp³-hybridized carbons (Fsp3) is 0.333. The van der Waals surface area contributed by atoms with E-state index in [2.05, 4.69) is 21.5 Å². The van der Waals surface area contributed by atoms with Crippen LogP contribution in [0, 0.1) is 5.82 Å². The van der Waals surface area contributed by atoms with Crippen molar-refractivity contribution in [3.63, 3.8) is 0 Å². The van der Waals surface area contributed by atoms with Crippen molar-refractivity contribution in [3.8, 4) is 17.1 Å². The number of aliphatic imine (C=N–C) groups is 1. The molecule has 4 rings (SSSR count). The van der Waals surface area contributed by atoms with Gasteiger partial charge in [0.2, 0.25) is 18.2 Å². The Morgan fingerprint density at radius 2 is 2.02 bits per heavy atom. The fourth-order valence-electron chi connectivity index (χ4n) is 5.06. The SMILES string of the molecule is C=CC(=O)N1CCN(C(=NC)c2cc(Cl)c(-c3ccccc3F)nc2N(C=O)c2c(OC)ncnc2C(C)C)C(C)C1. The number of hydrogen-bond acceptors (Lipinski definition) is 7. The van der Waals surface area contributed by atoms with E-state index in [1.165, 1.54) is 30.5 Å². The molecule has 1 saturated heterocycles. The third-order valence-electron chi connectivity index (χ3n) is 7.06. The number of carbonyl (C=O) groups is 2. The molecule has 1 aliphatic rings. The van der Waals surface area contributed by atoms with Crippen LogP contribution in [0.1, 0.15) is 37.9 Å². The summed E-state index contributed by atoms with van der Waals surface area (Å²) in [6.45, 7) is 10.8. The monoisotopic (exact) mass is 593 g/mol. The smallest absolute Gasteiger partial charge is 0.246 e. The van der Waals surface area contributed by atoms with Crippen molar-refractivity contribution in [1.29, 1.82) is 0 Å². The molecule has 0 radical (unpaired) electrons. The molecule has 10 nitrogen and oxygen atoms in total. The number of aromatic nitrogens is 3. The van der Waals surface area contributed by atoms with E-state index in [1.54, 1.807) is 36.2 Å². The second kappa shape index (κ2) is 13.1. The van der Waals surface area contributed by atoms with Gasteiger partial charge in [-0.3, -0.25) is 19.5 Å². The molecule has 0 N–H and O–H groups in total. The first-order valence-corrected chi connectivity index (χ1v) is 13.8. The summed E-state index contributed by atoms with van der Waals surface area (Å²) in [7, 11) is 3.08. The van der Waals surface area contributed by atoms with Gasteiger partial charge < -0.3 is 14.5 Å². The van der Waals surface area contributed by atoms with Crippen molar-refractivity contribution in [2.45, 2.75) is 32.7 Å². The lowest BCUT2D eigenvalue weighted by Crippen LogP contribution is -2.55. The Balaban J connectivity index is 1.97. The molecule has 1 fully saturated rings. The zero-order valence-electron chi connectivity index (χ0n) is 24.2. The number of amides is 2. The topological polar surface area (TPSA) is 104 Å². The summed E-state index contributed by atoms with van der Waals surface area (Å²) in [6.07, 6.45) is 3.26. The number of rotatable bonds is 8. The average molecular weight is 594 g/mol. The third kappa shape index (κ3) is 5.82. The molecule has 220 valence electrons. The van der Waals surface area contributed by atoms with E-state index in [1.807, 2.05) is 25.7 Å². The Hall–Kier alpha value is -4.38. The number of methoxy groups -OCH3 is 1. The summed E-state index contributed by atoms with van der Waals surface area (Å²) in [5, 5.41) is 0.166. The number of benzene rings is 1. The number of hydrogen-bond donors (Lipinski definition) is 0. The van der Waals surface area contributed by atoms with Gasteiger partial charge in [0.1, 0.15) is 23.7 Å². The molecular weight excluding hydrogens is 561 g/mol. The first-order chi connectivity index (χ1) is 20.2. The highest BCUT2D eigenvalue weighted by molar-refractivity contribution is 6.33. The molecule has 3 heterocycles. The lowest BCUT2D eigenvalue weighted by molar-refractivity contribution is -0.128. The van der Waals surface area contributed by atoms with E-state index in [-0.39, 0.29) is 45.8 Å². The maximum atomic E-state index is 15.0. The Bertz CT molecular complexity index is 1530. The molecule has 0 saturated carbocycles. The number of carbonyl (C=O) groups excluding carboxylic acids is 2. The quantitative estimate of drug-likeness (QED) is 0.159. The van der Waals surface area contributed by atoms with Gasteiger partial charge in [0.15, 0.2) is 5.82 Å².